The van der Waals surface area contributed by atoms with Crippen molar-refractivity contribution in [2.75, 3.05) is 0 Å². The van der Waals surface area contributed by atoms with Crippen molar-refractivity contribution in [1.29, 1.82) is 0 Å². The minimum atomic E-state index is 0. The van der Waals surface area contributed by atoms with Gasteiger partial charge >= 0.3 is 25.8 Å². The Bertz CT molecular complexity index is 424. The van der Waals surface area contributed by atoms with Crippen LogP contribution in [-0.2, 0) is 25.8 Å². The molecule has 3 rings (SSSR count). The summed E-state index contributed by atoms with van der Waals surface area (Å²) < 4.78 is 0. The fourth-order valence-corrected chi connectivity index (χ4v) is 1.39. The molecule has 17 heavy (non-hydrogen) atoms. The summed E-state index contributed by atoms with van der Waals surface area (Å²) in [5, 5.41) is 2.66. The zero-order valence-electron chi connectivity index (χ0n) is 9.18. The van der Waals surface area contributed by atoms with E-state index in [1.807, 2.05) is 30.3 Å². The van der Waals surface area contributed by atoms with Crippen molar-refractivity contribution in [2.24, 2.45) is 0 Å². The number of hydrogen-bond donors (Lipinski definition) is 0. The number of fused-ring (bicyclic) bond motifs is 1. The molecule has 0 atom stereocenters. The molecular weight excluding hydrogens is 600 g/mol. The molecule has 0 heterocycles. The molecule has 0 aromatic heterocycles. The van der Waals surface area contributed by atoms with Crippen molar-refractivity contribution >= 4 is 10.8 Å². The predicted molar refractivity (Wildman–Crippen MR) is 61.6 cm³/mol. The molecule has 0 radical (unpaired) electrons. The molecule has 0 saturated heterocycles. The summed E-state index contributed by atoms with van der Waals surface area (Å²) in [4.78, 5) is 0. The zero-order valence-corrected chi connectivity index (χ0v) is 17.1. The number of rotatable bonds is 0. The van der Waals surface area contributed by atoms with E-state index in [2.05, 4.69) is 42.5 Å². The third kappa shape index (κ3) is 6.86. The second kappa shape index (κ2) is 11.6. The van der Waals surface area contributed by atoms with E-state index < -0.39 is 0 Å². The molecule has 0 spiro atoms. The van der Waals surface area contributed by atoms with Crippen LogP contribution < -0.4 is 48.0 Å². The van der Waals surface area contributed by atoms with Crippen molar-refractivity contribution in [2.45, 2.75) is 0 Å². The van der Waals surface area contributed by atoms with E-state index >= 15 is 0 Å². The van der Waals surface area contributed by atoms with Crippen LogP contribution in [0, 0.1) is 0 Å². The number of halogens is 2. The van der Waals surface area contributed by atoms with Gasteiger partial charge in [-0.3, -0.25) is 0 Å². The molecule has 86 valence electrons. The molecule has 0 unspecified atom stereocenters. The zero-order chi connectivity index (χ0) is 9.64. The van der Waals surface area contributed by atoms with Gasteiger partial charge in [-0.2, -0.15) is 35.7 Å². The largest absolute Gasteiger partial charge is 4.00 e. The maximum absolute atomic E-state index is 2.12. The first-order valence-corrected chi connectivity index (χ1v) is 4.74. The molecule has 0 aliphatic heterocycles. The van der Waals surface area contributed by atoms with Gasteiger partial charge in [0.15, 0.2) is 0 Å². The SMILES string of the molecule is [Hf+4].[I-].[I-].c1cc[cH-]c1.c1ccc2[cH-]ccc2c1. The van der Waals surface area contributed by atoms with Gasteiger partial charge in [0.1, 0.15) is 0 Å². The van der Waals surface area contributed by atoms with Gasteiger partial charge in [0.2, 0.25) is 0 Å². The van der Waals surface area contributed by atoms with Crippen LogP contribution in [0.5, 0.6) is 0 Å². The van der Waals surface area contributed by atoms with Gasteiger partial charge in [-0.1, -0.05) is 6.07 Å². The summed E-state index contributed by atoms with van der Waals surface area (Å²) in [5.41, 5.74) is 0. The molecule has 0 bridgehead atoms. The molecule has 0 nitrogen and oxygen atoms in total. The van der Waals surface area contributed by atoms with Crippen LogP contribution in [0.4, 0.5) is 0 Å². The van der Waals surface area contributed by atoms with E-state index in [1.54, 1.807) is 0 Å². The summed E-state index contributed by atoms with van der Waals surface area (Å²) in [7, 11) is 0. The Hall–Kier alpha value is 0.510. The summed E-state index contributed by atoms with van der Waals surface area (Å²) >= 11 is 0. The molecular formula is C14H12HfI2. The summed E-state index contributed by atoms with van der Waals surface area (Å²) in [6.07, 6.45) is 0. The van der Waals surface area contributed by atoms with Crippen LogP contribution in [0.15, 0.2) is 72.8 Å². The van der Waals surface area contributed by atoms with Crippen LogP contribution in [0.3, 0.4) is 0 Å². The van der Waals surface area contributed by atoms with E-state index in [9.17, 15) is 0 Å². The van der Waals surface area contributed by atoms with Crippen LogP contribution in [0.2, 0.25) is 0 Å². The Balaban J connectivity index is 0. The van der Waals surface area contributed by atoms with E-state index in [0.29, 0.717) is 0 Å². The Kier molecular flexibility index (Phi) is 13.5. The van der Waals surface area contributed by atoms with Crippen LogP contribution in [-0.4, -0.2) is 0 Å². The van der Waals surface area contributed by atoms with E-state index in [-0.39, 0.29) is 73.8 Å². The topological polar surface area (TPSA) is 0 Å². The van der Waals surface area contributed by atoms with Crippen LogP contribution in [0.25, 0.3) is 10.8 Å². The van der Waals surface area contributed by atoms with Crippen molar-refractivity contribution in [3.05, 3.63) is 72.8 Å². The average Bonchev–Trinajstić information content (AvgIpc) is 2.92. The van der Waals surface area contributed by atoms with Gasteiger partial charge in [-0.25, -0.2) is 12.1 Å². The van der Waals surface area contributed by atoms with Crippen LogP contribution >= 0.6 is 0 Å². The Morgan fingerprint density at radius 3 is 1.88 bits per heavy atom. The van der Waals surface area contributed by atoms with E-state index in [1.165, 1.54) is 10.8 Å². The first kappa shape index (κ1) is 19.8. The minimum Gasteiger partial charge on any atom is -1.00 e. The van der Waals surface area contributed by atoms with Crippen molar-refractivity contribution in [1.82, 2.24) is 0 Å². The Morgan fingerprint density at radius 1 is 0.706 bits per heavy atom. The van der Waals surface area contributed by atoms with Crippen molar-refractivity contribution in [3.63, 3.8) is 0 Å². The maximum Gasteiger partial charge on any atom is 4.00 e. The van der Waals surface area contributed by atoms with Gasteiger partial charge in [0.05, 0.1) is 0 Å². The predicted octanol–water partition coefficient (Wildman–Crippen LogP) is -2.03. The monoisotopic (exact) mass is 614 g/mol. The van der Waals surface area contributed by atoms with Gasteiger partial charge < -0.3 is 48.0 Å². The molecule has 0 N–H and O–H groups in total. The molecule has 0 aliphatic rings. The minimum absolute atomic E-state index is 0. The van der Waals surface area contributed by atoms with Crippen molar-refractivity contribution in [3.8, 4) is 0 Å². The van der Waals surface area contributed by atoms with E-state index in [4.69, 9.17) is 0 Å². The molecule has 3 aromatic carbocycles. The first-order chi connectivity index (χ1) is 6.97. The maximum atomic E-state index is 2.12. The first-order valence-electron chi connectivity index (χ1n) is 4.74. The third-order valence-corrected chi connectivity index (χ3v) is 2.10. The van der Waals surface area contributed by atoms with Crippen LogP contribution in [0.1, 0.15) is 0 Å². The molecule has 0 aliphatic carbocycles. The van der Waals surface area contributed by atoms with Gasteiger partial charge in [0, 0.05) is 0 Å². The standard InChI is InChI=1S/C9H7.C5H5.Hf.2HI/c1-2-5-9-7-3-6-8(9)4-1;1-2-4-5-3-1;;;/h1-7H;1-5H;;2*1H/q2*-1;+4;;/p-2. The third-order valence-electron chi connectivity index (χ3n) is 2.10. The molecule has 3 aromatic rings. The molecule has 0 saturated carbocycles. The summed E-state index contributed by atoms with van der Waals surface area (Å²) in [6, 6.07) is 24.7. The van der Waals surface area contributed by atoms with Gasteiger partial charge in [-0.05, 0) is 0 Å². The average molecular weight is 613 g/mol. The fraction of sp³-hybridized carbons (Fsp3) is 0. The number of hydrogen-bond acceptors (Lipinski definition) is 0. The second-order valence-corrected chi connectivity index (χ2v) is 3.12. The fourth-order valence-electron chi connectivity index (χ4n) is 1.39. The molecule has 0 amide bonds. The molecule has 0 fully saturated rings. The van der Waals surface area contributed by atoms with Crippen molar-refractivity contribution < 1.29 is 73.8 Å². The Labute approximate surface area is 155 Å². The van der Waals surface area contributed by atoms with Gasteiger partial charge in [-0.15, -0.1) is 29.7 Å². The quantitative estimate of drug-likeness (QED) is 0.156. The second-order valence-electron chi connectivity index (χ2n) is 3.12. The summed E-state index contributed by atoms with van der Waals surface area (Å²) in [5.74, 6) is 0. The van der Waals surface area contributed by atoms with Gasteiger partial charge in [0.25, 0.3) is 0 Å². The number of benzene rings is 1. The Morgan fingerprint density at radius 2 is 1.35 bits per heavy atom. The smallest absolute Gasteiger partial charge is 1.00 e. The van der Waals surface area contributed by atoms with E-state index in [0.717, 1.165) is 0 Å². The molecule has 3 heteroatoms. The summed E-state index contributed by atoms with van der Waals surface area (Å²) in [6.45, 7) is 0. The normalized spacial score (nSPS) is 7.76.